The molecule has 0 spiro atoms. The van der Waals surface area contributed by atoms with Crippen LogP contribution in [0.25, 0.3) is 0 Å². The van der Waals surface area contributed by atoms with E-state index in [1.807, 2.05) is 41.5 Å². The molecule has 45 heavy (non-hydrogen) atoms. The van der Waals surface area contributed by atoms with Crippen molar-refractivity contribution in [3.8, 4) is 0 Å². The SMILES string of the molecule is CC(C)(C)OC(=O)N1CCC(N2C(=O)COC3CCCCC32)CC1.CC(C)(C)OC(=O)N1CCC(N[C@@H]2CCCC[C@H]2O)CC1. The summed E-state index contributed by atoms with van der Waals surface area (Å²) in [6.45, 7) is 14.3. The number of nitrogens with zero attached hydrogens (tertiary/aromatic N) is 3. The fourth-order valence-electron chi connectivity index (χ4n) is 7.32. The lowest BCUT2D eigenvalue weighted by atomic mass is 9.87. The van der Waals surface area contributed by atoms with Gasteiger partial charge in [0.05, 0.1) is 18.2 Å². The Balaban J connectivity index is 0.000000207. The molecule has 2 unspecified atom stereocenters. The van der Waals surface area contributed by atoms with Gasteiger partial charge in [0.2, 0.25) is 5.91 Å². The van der Waals surface area contributed by atoms with E-state index < -0.39 is 11.2 Å². The lowest BCUT2D eigenvalue weighted by molar-refractivity contribution is -0.166. The van der Waals surface area contributed by atoms with Crippen molar-refractivity contribution in [2.45, 2.75) is 166 Å². The number of nitrogens with one attached hydrogen (secondary N) is 1. The van der Waals surface area contributed by atoms with Crippen LogP contribution in [0.3, 0.4) is 0 Å². The van der Waals surface area contributed by atoms with E-state index in [9.17, 15) is 19.5 Å². The number of aliphatic hydroxyl groups excluding tert-OH is 1. The Morgan fingerprint density at radius 1 is 0.756 bits per heavy atom. The molecule has 3 amide bonds. The van der Waals surface area contributed by atoms with E-state index in [0.29, 0.717) is 19.1 Å². The van der Waals surface area contributed by atoms with Crippen molar-refractivity contribution < 1.29 is 33.7 Å². The average molecular weight is 637 g/mol. The molecule has 258 valence electrons. The Labute approximate surface area is 270 Å². The van der Waals surface area contributed by atoms with Crippen LogP contribution in [-0.4, -0.2) is 118 Å². The summed E-state index contributed by atoms with van der Waals surface area (Å²) in [5.74, 6) is 0.119. The number of morpholine rings is 1. The Morgan fingerprint density at radius 3 is 1.82 bits per heavy atom. The number of aliphatic hydroxyl groups is 1. The van der Waals surface area contributed by atoms with E-state index in [2.05, 4.69) is 10.2 Å². The summed E-state index contributed by atoms with van der Waals surface area (Å²) in [4.78, 5) is 42.3. The zero-order valence-electron chi connectivity index (χ0n) is 28.7. The minimum Gasteiger partial charge on any atom is -0.444 e. The van der Waals surface area contributed by atoms with Gasteiger partial charge in [0.1, 0.15) is 17.8 Å². The number of piperidine rings is 2. The zero-order valence-corrected chi connectivity index (χ0v) is 28.7. The average Bonchev–Trinajstić information content (AvgIpc) is 2.97. The quantitative estimate of drug-likeness (QED) is 0.452. The van der Waals surface area contributed by atoms with Crippen molar-refractivity contribution in [2.24, 2.45) is 0 Å². The Morgan fingerprint density at radius 2 is 1.27 bits per heavy atom. The first kappa shape index (κ1) is 35.7. The molecule has 5 fully saturated rings. The molecule has 0 aromatic heterocycles. The first-order valence-corrected chi connectivity index (χ1v) is 17.5. The zero-order chi connectivity index (χ0) is 32.8. The fraction of sp³-hybridized carbons (Fsp3) is 0.912. The number of carbonyl (C=O) groups is 3. The number of carbonyl (C=O) groups excluding carboxylic acids is 3. The fourth-order valence-corrected chi connectivity index (χ4v) is 7.32. The van der Waals surface area contributed by atoms with Crippen LogP contribution in [0.15, 0.2) is 0 Å². The number of hydrogen-bond acceptors (Lipinski definition) is 8. The number of amides is 3. The maximum atomic E-state index is 12.4. The highest BCUT2D eigenvalue weighted by Gasteiger charge is 2.42. The minimum absolute atomic E-state index is 0.119. The van der Waals surface area contributed by atoms with E-state index in [4.69, 9.17) is 14.2 Å². The number of ether oxygens (including phenoxy) is 3. The van der Waals surface area contributed by atoms with Crippen LogP contribution >= 0.6 is 0 Å². The van der Waals surface area contributed by atoms with E-state index in [1.165, 1.54) is 19.3 Å². The molecule has 11 heteroatoms. The second kappa shape index (κ2) is 15.7. The van der Waals surface area contributed by atoms with Gasteiger partial charge in [-0.15, -0.1) is 0 Å². The summed E-state index contributed by atoms with van der Waals surface area (Å²) in [6, 6.07) is 1.10. The number of hydrogen-bond donors (Lipinski definition) is 2. The second-order valence-corrected chi connectivity index (χ2v) is 15.6. The van der Waals surface area contributed by atoms with Crippen molar-refractivity contribution in [1.29, 1.82) is 0 Å². The molecular formula is C34H60N4O7. The lowest BCUT2D eigenvalue weighted by Crippen LogP contribution is -2.61. The Bertz CT molecular complexity index is 980. The number of rotatable bonds is 3. The van der Waals surface area contributed by atoms with Gasteiger partial charge in [-0.05, 0) is 92.9 Å². The highest BCUT2D eigenvalue weighted by molar-refractivity contribution is 5.79. The van der Waals surface area contributed by atoms with Crippen molar-refractivity contribution in [3.63, 3.8) is 0 Å². The third kappa shape index (κ3) is 10.7. The van der Waals surface area contributed by atoms with Gasteiger partial charge in [-0.25, -0.2) is 9.59 Å². The summed E-state index contributed by atoms with van der Waals surface area (Å²) in [5, 5.41) is 13.6. The van der Waals surface area contributed by atoms with E-state index in [0.717, 1.165) is 70.9 Å². The van der Waals surface area contributed by atoms with Crippen LogP contribution in [0.5, 0.6) is 0 Å². The predicted octanol–water partition coefficient (Wildman–Crippen LogP) is 4.83. The van der Waals surface area contributed by atoms with E-state index in [-0.39, 0.29) is 55.0 Å². The van der Waals surface area contributed by atoms with Crippen molar-refractivity contribution >= 4 is 18.1 Å². The molecule has 5 aliphatic rings. The highest BCUT2D eigenvalue weighted by Crippen LogP contribution is 2.33. The van der Waals surface area contributed by atoms with Gasteiger partial charge in [0.25, 0.3) is 0 Å². The standard InChI is InChI=1S/C18H30N2O4.C16H30N2O3/c1-18(2,3)24-17(22)19-10-8-13(9-11-19)20-14-6-4-5-7-15(14)23-12-16(20)21;1-16(2,3)21-15(20)18-10-8-12(9-11-18)17-13-6-4-5-7-14(13)19/h13-15H,4-12H2,1-3H3;12-14,17,19H,4-11H2,1-3H3/t;13-,14-/m.1/s1. The van der Waals surface area contributed by atoms with Gasteiger partial charge >= 0.3 is 12.2 Å². The van der Waals surface area contributed by atoms with Crippen LogP contribution in [0.2, 0.25) is 0 Å². The molecule has 0 aromatic rings. The van der Waals surface area contributed by atoms with Gasteiger partial charge in [-0.1, -0.05) is 25.7 Å². The van der Waals surface area contributed by atoms with Crippen LogP contribution in [0, 0.1) is 0 Å². The van der Waals surface area contributed by atoms with Gasteiger partial charge in [-0.3, -0.25) is 4.79 Å². The molecule has 2 saturated carbocycles. The normalized spacial score (nSPS) is 29.0. The third-order valence-corrected chi connectivity index (χ3v) is 9.57. The van der Waals surface area contributed by atoms with E-state index in [1.54, 1.807) is 9.80 Å². The molecule has 3 saturated heterocycles. The molecule has 3 aliphatic heterocycles. The molecule has 0 bridgehead atoms. The molecule has 2 N–H and O–H groups in total. The second-order valence-electron chi connectivity index (χ2n) is 15.6. The van der Waals surface area contributed by atoms with Gasteiger partial charge in [0, 0.05) is 44.3 Å². The molecule has 2 aliphatic carbocycles. The first-order valence-electron chi connectivity index (χ1n) is 17.5. The van der Waals surface area contributed by atoms with Crippen LogP contribution in [0.1, 0.15) is 119 Å². The summed E-state index contributed by atoms with van der Waals surface area (Å²) in [6.07, 6.45) is 11.8. The van der Waals surface area contributed by atoms with Crippen molar-refractivity contribution in [3.05, 3.63) is 0 Å². The molecule has 0 radical (unpaired) electrons. The molecule has 4 atom stereocenters. The summed E-state index contributed by atoms with van der Waals surface area (Å²) >= 11 is 0. The van der Waals surface area contributed by atoms with Crippen LogP contribution in [-0.2, 0) is 19.0 Å². The smallest absolute Gasteiger partial charge is 0.410 e. The van der Waals surface area contributed by atoms with E-state index >= 15 is 0 Å². The monoisotopic (exact) mass is 636 g/mol. The number of likely N-dealkylation sites (tertiary alicyclic amines) is 2. The predicted molar refractivity (Wildman–Crippen MR) is 172 cm³/mol. The lowest BCUT2D eigenvalue weighted by Gasteiger charge is -2.49. The Kier molecular flexibility index (Phi) is 12.4. The largest absolute Gasteiger partial charge is 0.444 e. The van der Waals surface area contributed by atoms with Crippen molar-refractivity contribution in [2.75, 3.05) is 32.8 Å². The third-order valence-electron chi connectivity index (χ3n) is 9.57. The Hall–Kier alpha value is -2.11. The molecular weight excluding hydrogens is 576 g/mol. The van der Waals surface area contributed by atoms with Crippen LogP contribution in [0.4, 0.5) is 9.59 Å². The summed E-state index contributed by atoms with van der Waals surface area (Å²) < 4.78 is 16.6. The molecule has 11 nitrogen and oxygen atoms in total. The van der Waals surface area contributed by atoms with Crippen LogP contribution < -0.4 is 5.32 Å². The molecule has 5 rings (SSSR count). The molecule has 3 heterocycles. The number of fused-ring (bicyclic) bond motifs is 1. The minimum atomic E-state index is -0.469. The first-order chi connectivity index (χ1) is 21.2. The maximum Gasteiger partial charge on any atom is 0.410 e. The topological polar surface area (TPSA) is 121 Å². The maximum absolute atomic E-state index is 12.4. The van der Waals surface area contributed by atoms with Gasteiger partial charge < -0.3 is 39.3 Å². The van der Waals surface area contributed by atoms with Gasteiger partial charge in [0.15, 0.2) is 0 Å². The summed E-state index contributed by atoms with van der Waals surface area (Å²) in [5.41, 5.74) is -0.901. The van der Waals surface area contributed by atoms with Crippen molar-refractivity contribution in [1.82, 2.24) is 20.0 Å². The van der Waals surface area contributed by atoms with Gasteiger partial charge in [-0.2, -0.15) is 0 Å². The summed E-state index contributed by atoms with van der Waals surface area (Å²) in [7, 11) is 0. The molecule has 0 aromatic carbocycles. The highest BCUT2D eigenvalue weighted by atomic mass is 16.6.